The number of carbonyl (C=O) groups is 2. The van der Waals surface area contributed by atoms with Gasteiger partial charge in [0.15, 0.2) is 11.6 Å². The van der Waals surface area contributed by atoms with Crippen LogP contribution in [-0.4, -0.2) is 16.1 Å². The summed E-state index contributed by atoms with van der Waals surface area (Å²) in [6, 6.07) is 19.8. The topological polar surface area (TPSA) is 39.1 Å². The molecule has 4 rings (SSSR count). The van der Waals surface area contributed by atoms with E-state index in [2.05, 4.69) is 0 Å². The number of hydrogen-bond acceptors (Lipinski definition) is 2. The second-order valence-corrected chi connectivity index (χ2v) is 7.64. The molecule has 0 unspecified atom stereocenters. The predicted octanol–water partition coefficient (Wildman–Crippen LogP) is 5.25. The molecular formula is C23H21NO2. The molecule has 1 aliphatic carbocycles. The Hall–Kier alpha value is -2.94. The lowest BCUT2D eigenvalue weighted by Gasteiger charge is -2.28. The highest BCUT2D eigenvalue weighted by atomic mass is 16.1. The van der Waals surface area contributed by atoms with Crippen molar-refractivity contribution in [1.82, 2.24) is 4.57 Å². The third-order valence-electron chi connectivity index (χ3n) is 5.10. The van der Waals surface area contributed by atoms with Crippen molar-refractivity contribution >= 4 is 11.6 Å². The molecule has 0 radical (unpaired) electrons. The Labute approximate surface area is 153 Å². The van der Waals surface area contributed by atoms with Crippen molar-refractivity contribution in [3.8, 4) is 16.9 Å². The lowest BCUT2D eigenvalue weighted by Crippen LogP contribution is -2.35. The van der Waals surface area contributed by atoms with Crippen LogP contribution in [0.2, 0.25) is 0 Å². The second kappa shape index (κ2) is 5.80. The number of fused-ring (bicyclic) bond motifs is 1. The van der Waals surface area contributed by atoms with Crippen LogP contribution < -0.4 is 0 Å². The van der Waals surface area contributed by atoms with Gasteiger partial charge in [-0.05, 0) is 30.7 Å². The van der Waals surface area contributed by atoms with E-state index in [1.165, 1.54) is 0 Å². The summed E-state index contributed by atoms with van der Waals surface area (Å²) in [7, 11) is 0. The highest BCUT2D eigenvalue weighted by Gasteiger charge is 2.42. The van der Waals surface area contributed by atoms with Crippen LogP contribution in [0.25, 0.3) is 16.9 Å². The zero-order chi connectivity index (χ0) is 18.5. The molecule has 0 saturated heterocycles. The highest BCUT2D eigenvalue weighted by molar-refractivity contribution is 6.16. The van der Waals surface area contributed by atoms with Crippen LogP contribution in [-0.2, 0) is 0 Å². The van der Waals surface area contributed by atoms with Crippen LogP contribution in [0.15, 0.2) is 60.7 Å². The van der Waals surface area contributed by atoms with Crippen LogP contribution in [0.5, 0.6) is 0 Å². The van der Waals surface area contributed by atoms with E-state index in [9.17, 15) is 9.59 Å². The second-order valence-electron chi connectivity index (χ2n) is 7.64. The first-order valence-corrected chi connectivity index (χ1v) is 8.85. The van der Waals surface area contributed by atoms with E-state index in [-0.39, 0.29) is 18.0 Å². The number of hydrogen-bond donors (Lipinski definition) is 0. The maximum atomic E-state index is 13.2. The molecular weight excluding hydrogens is 322 g/mol. The molecule has 0 bridgehead atoms. The predicted molar refractivity (Wildman–Crippen MR) is 103 cm³/mol. The summed E-state index contributed by atoms with van der Waals surface area (Å²) in [6.07, 6.45) is 0.255. The van der Waals surface area contributed by atoms with Crippen LogP contribution >= 0.6 is 0 Å². The van der Waals surface area contributed by atoms with Crippen molar-refractivity contribution in [3.63, 3.8) is 0 Å². The van der Waals surface area contributed by atoms with E-state index in [0.717, 1.165) is 22.5 Å². The Kier molecular flexibility index (Phi) is 3.69. The van der Waals surface area contributed by atoms with Crippen molar-refractivity contribution in [1.29, 1.82) is 0 Å². The number of ketones is 2. The van der Waals surface area contributed by atoms with Gasteiger partial charge in [-0.3, -0.25) is 9.59 Å². The van der Waals surface area contributed by atoms with E-state index in [1.54, 1.807) is 0 Å². The van der Waals surface area contributed by atoms with Gasteiger partial charge in [-0.1, -0.05) is 61.9 Å². The molecule has 2 aromatic carbocycles. The Morgan fingerprint density at radius 2 is 1.58 bits per heavy atom. The van der Waals surface area contributed by atoms with Gasteiger partial charge in [-0.2, -0.15) is 0 Å². The Morgan fingerprint density at radius 1 is 0.923 bits per heavy atom. The quantitative estimate of drug-likeness (QED) is 0.637. The summed E-state index contributed by atoms with van der Waals surface area (Å²) in [6.45, 7) is 5.74. The minimum absolute atomic E-state index is 0.0230. The molecule has 130 valence electrons. The SMILES string of the molecule is Cc1ccc(-n2c(-c3ccccc3)cc3c2C(=O)C(C)(C)CC3=O)cc1. The van der Waals surface area contributed by atoms with Crippen molar-refractivity contribution in [2.45, 2.75) is 27.2 Å². The number of carbonyl (C=O) groups excluding carboxylic acids is 2. The van der Waals surface area contributed by atoms with Gasteiger partial charge >= 0.3 is 0 Å². The van der Waals surface area contributed by atoms with Gasteiger partial charge in [0.05, 0.1) is 5.69 Å². The van der Waals surface area contributed by atoms with E-state index in [4.69, 9.17) is 0 Å². The number of rotatable bonds is 2. The molecule has 3 nitrogen and oxygen atoms in total. The lowest BCUT2D eigenvalue weighted by atomic mass is 9.75. The largest absolute Gasteiger partial charge is 0.306 e. The molecule has 1 heterocycles. The Morgan fingerprint density at radius 3 is 2.23 bits per heavy atom. The zero-order valence-corrected chi connectivity index (χ0v) is 15.2. The molecule has 3 heteroatoms. The molecule has 1 aliphatic rings. The number of nitrogens with zero attached hydrogens (tertiary/aromatic N) is 1. The lowest BCUT2D eigenvalue weighted by molar-refractivity contribution is 0.0732. The minimum atomic E-state index is -0.682. The zero-order valence-electron chi connectivity index (χ0n) is 15.2. The normalized spacial score (nSPS) is 15.8. The summed E-state index contributed by atoms with van der Waals surface area (Å²) < 4.78 is 1.95. The fourth-order valence-electron chi connectivity index (χ4n) is 3.63. The number of aryl methyl sites for hydroxylation is 1. The van der Waals surface area contributed by atoms with E-state index in [1.807, 2.05) is 86.0 Å². The van der Waals surface area contributed by atoms with Gasteiger partial charge in [-0.25, -0.2) is 0 Å². The molecule has 0 aliphatic heterocycles. The maximum Gasteiger partial charge on any atom is 0.186 e. The maximum absolute atomic E-state index is 13.2. The van der Waals surface area contributed by atoms with Crippen molar-refractivity contribution in [2.24, 2.45) is 5.41 Å². The highest BCUT2D eigenvalue weighted by Crippen LogP contribution is 2.40. The Balaban J connectivity index is 2.06. The summed E-state index contributed by atoms with van der Waals surface area (Å²) in [5.74, 6) is 0.0579. The first-order valence-electron chi connectivity index (χ1n) is 8.85. The number of benzene rings is 2. The van der Waals surface area contributed by atoms with Crippen LogP contribution in [0, 0.1) is 12.3 Å². The average Bonchev–Trinajstić information content (AvgIpc) is 3.02. The van der Waals surface area contributed by atoms with Crippen molar-refractivity contribution < 1.29 is 9.59 Å². The molecule has 0 atom stereocenters. The molecule has 0 saturated carbocycles. The van der Waals surface area contributed by atoms with E-state index in [0.29, 0.717) is 11.3 Å². The Bertz CT molecular complexity index is 1010. The fraction of sp³-hybridized carbons (Fsp3) is 0.217. The smallest absolute Gasteiger partial charge is 0.186 e. The van der Waals surface area contributed by atoms with Crippen LogP contribution in [0.3, 0.4) is 0 Å². The van der Waals surface area contributed by atoms with Gasteiger partial charge in [0.1, 0.15) is 5.69 Å². The molecule has 26 heavy (non-hydrogen) atoms. The van der Waals surface area contributed by atoms with Gasteiger partial charge in [-0.15, -0.1) is 0 Å². The molecule has 0 amide bonds. The van der Waals surface area contributed by atoms with Gasteiger partial charge in [0.2, 0.25) is 0 Å². The first-order chi connectivity index (χ1) is 12.4. The minimum Gasteiger partial charge on any atom is -0.306 e. The first kappa shape index (κ1) is 16.5. The molecule has 0 fully saturated rings. The third kappa shape index (κ3) is 2.51. The summed E-state index contributed by atoms with van der Waals surface area (Å²) in [4.78, 5) is 26.0. The van der Waals surface area contributed by atoms with Crippen LogP contribution in [0.1, 0.15) is 46.7 Å². The third-order valence-corrected chi connectivity index (χ3v) is 5.10. The monoisotopic (exact) mass is 343 g/mol. The molecule has 1 aromatic heterocycles. The summed E-state index contributed by atoms with van der Waals surface area (Å²) in [5, 5.41) is 0. The molecule has 0 spiro atoms. The van der Waals surface area contributed by atoms with E-state index >= 15 is 0 Å². The van der Waals surface area contributed by atoms with Crippen LogP contribution in [0.4, 0.5) is 0 Å². The number of aromatic nitrogens is 1. The van der Waals surface area contributed by atoms with Crippen molar-refractivity contribution in [2.75, 3.05) is 0 Å². The van der Waals surface area contributed by atoms with E-state index < -0.39 is 5.41 Å². The van der Waals surface area contributed by atoms with Gasteiger partial charge < -0.3 is 4.57 Å². The average molecular weight is 343 g/mol. The molecule has 0 N–H and O–H groups in total. The van der Waals surface area contributed by atoms with Gasteiger partial charge in [0, 0.05) is 23.1 Å². The van der Waals surface area contributed by atoms with Gasteiger partial charge in [0.25, 0.3) is 0 Å². The summed E-state index contributed by atoms with van der Waals surface area (Å²) in [5.41, 5.74) is 4.27. The van der Waals surface area contributed by atoms with Crippen molar-refractivity contribution in [3.05, 3.63) is 77.5 Å². The standard InChI is InChI=1S/C23H21NO2/c1-15-9-11-17(12-10-15)24-19(16-7-5-4-6-8-16)13-18-20(25)14-23(2,3)22(26)21(18)24/h4-13H,14H2,1-3H3. The fourth-order valence-corrected chi connectivity index (χ4v) is 3.63. The number of Topliss-reactive ketones (excluding diaryl/α,β-unsaturated/α-hetero) is 2. The summed E-state index contributed by atoms with van der Waals surface area (Å²) >= 11 is 0. The molecule has 3 aromatic rings.